The number of aromatic nitrogens is 5. The number of fused-ring (bicyclic) bond motifs is 4. The Bertz CT molecular complexity index is 1460. The van der Waals surface area contributed by atoms with Gasteiger partial charge in [-0.1, -0.05) is 24.3 Å². The Hall–Kier alpha value is -3.91. The average molecular weight is 425 g/mol. The molecule has 0 fully saturated rings. The Morgan fingerprint density at radius 1 is 1.00 bits per heavy atom. The minimum absolute atomic E-state index is 0.234. The smallest absolute Gasteiger partial charge is 0.206 e. The molecule has 32 heavy (non-hydrogen) atoms. The summed E-state index contributed by atoms with van der Waals surface area (Å²) in [7, 11) is 0. The van der Waals surface area contributed by atoms with Crippen LogP contribution in [0.5, 0.6) is 0 Å². The molecule has 0 amide bonds. The predicted molar refractivity (Wildman–Crippen MR) is 120 cm³/mol. The zero-order chi connectivity index (χ0) is 21.7. The molecule has 2 N–H and O–H groups in total. The molecule has 0 radical (unpaired) electrons. The summed E-state index contributed by atoms with van der Waals surface area (Å²) in [5.41, 5.74) is 12.7. The molecule has 3 aromatic heterocycles. The third-order valence-corrected chi connectivity index (χ3v) is 6.03. The van der Waals surface area contributed by atoms with Gasteiger partial charge in [-0.2, -0.15) is 0 Å². The van der Waals surface area contributed by atoms with Gasteiger partial charge in [-0.25, -0.2) is 24.3 Å². The summed E-state index contributed by atoms with van der Waals surface area (Å²) in [5, 5.41) is 0.659. The SMILES string of the molecule is Nc1nc2c(F)cccc2c2nc(CN3CCc4cc(-c5cncnc5)ccc4C3)cn12. The van der Waals surface area contributed by atoms with Gasteiger partial charge in [-0.3, -0.25) is 9.30 Å². The van der Waals surface area contributed by atoms with E-state index in [1.165, 1.54) is 17.2 Å². The summed E-state index contributed by atoms with van der Waals surface area (Å²) in [6, 6.07) is 11.4. The fourth-order valence-corrected chi connectivity index (χ4v) is 4.45. The third-order valence-electron chi connectivity index (χ3n) is 6.03. The summed E-state index contributed by atoms with van der Waals surface area (Å²) in [6.07, 6.45) is 8.08. The van der Waals surface area contributed by atoms with Crippen LogP contribution < -0.4 is 5.73 Å². The Labute approximate surface area is 183 Å². The zero-order valence-electron chi connectivity index (χ0n) is 17.2. The molecule has 0 bridgehead atoms. The topological polar surface area (TPSA) is 85.2 Å². The molecule has 5 aromatic rings. The lowest BCUT2D eigenvalue weighted by Crippen LogP contribution is -2.30. The second-order valence-corrected chi connectivity index (χ2v) is 8.10. The van der Waals surface area contributed by atoms with Crippen molar-refractivity contribution in [2.45, 2.75) is 19.5 Å². The first-order valence-corrected chi connectivity index (χ1v) is 10.5. The highest BCUT2D eigenvalue weighted by Gasteiger charge is 2.19. The van der Waals surface area contributed by atoms with E-state index in [9.17, 15) is 4.39 Å². The van der Waals surface area contributed by atoms with Crippen molar-refractivity contribution in [1.29, 1.82) is 0 Å². The van der Waals surface area contributed by atoms with Gasteiger partial charge in [0.15, 0.2) is 0 Å². The van der Waals surface area contributed by atoms with E-state index < -0.39 is 5.82 Å². The van der Waals surface area contributed by atoms with E-state index in [0.717, 1.165) is 36.3 Å². The van der Waals surface area contributed by atoms with Crippen molar-refractivity contribution in [2.75, 3.05) is 12.3 Å². The maximum Gasteiger partial charge on any atom is 0.206 e. The number of anilines is 1. The molecule has 0 saturated heterocycles. The van der Waals surface area contributed by atoms with E-state index >= 15 is 0 Å². The lowest BCUT2D eigenvalue weighted by molar-refractivity contribution is 0.243. The molecule has 158 valence electrons. The van der Waals surface area contributed by atoms with E-state index in [1.54, 1.807) is 16.8 Å². The monoisotopic (exact) mass is 425 g/mol. The number of nitrogens with zero attached hydrogens (tertiary/aromatic N) is 6. The second kappa shape index (κ2) is 7.35. The van der Waals surface area contributed by atoms with Gasteiger partial charge >= 0.3 is 0 Å². The molecule has 7 nitrogen and oxygen atoms in total. The molecule has 6 rings (SSSR count). The molecule has 1 aliphatic heterocycles. The van der Waals surface area contributed by atoms with E-state index in [-0.39, 0.29) is 11.5 Å². The van der Waals surface area contributed by atoms with Crippen molar-refractivity contribution < 1.29 is 4.39 Å². The van der Waals surface area contributed by atoms with E-state index in [0.29, 0.717) is 17.6 Å². The van der Waals surface area contributed by atoms with E-state index in [1.807, 2.05) is 24.7 Å². The van der Waals surface area contributed by atoms with Crippen molar-refractivity contribution in [3.8, 4) is 11.1 Å². The molecule has 2 aromatic carbocycles. The number of halogens is 1. The van der Waals surface area contributed by atoms with E-state index in [4.69, 9.17) is 10.7 Å². The Morgan fingerprint density at radius 3 is 2.75 bits per heavy atom. The largest absolute Gasteiger partial charge is 0.369 e. The van der Waals surface area contributed by atoms with Gasteiger partial charge < -0.3 is 5.73 Å². The minimum atomic E-state index is -0.393. The van der Waals surface area contributed by atoms with Crippen LogP contribution in [0.15, 0.2) is 61.3 Å². The third kappa shape index (κ3) is 3.16. The van der Waals surface area contributed by atoms with Gasteiger partial charge in [0, 0.05) is 49.2 Å². The molecule has 0 unspecified atom stereocenters. The fourth-order valence-electron chi connectivity index (χ4n) is 4.45. The summed E-state index contributed by atoms with van der Waals surface area (Å²) >= 11 is 0. The van der Waals surface area contributed by atoms with Crippen LogP contribution in [0.1, 0.15) is 16.8 Å². The first kappa shape index (κ1) is 18.8. The van der Waals surface area contributed by atoms with Gasteiger partial charge in [0.1, 0.15) is 23.3 Å². The Balaban J connectivity index is 1.27. The van der Waals surface area contributed by atoms with Gasteiger partial charge in [0.2, 0.25) is 5.95 Å². The first-order valence-electron chi connectivity index (χ1n) is 10.5. The van der Waals surface area contributed by atoms with Crippen molar-refractivity contribution in [3.63, 3.8) is 0 Å². The van der Waals surface area contributed by atoms with Crippen LogP contribution >= 0.6 is 0 Å². The number of nitrogen functional groups attached to an aromatic ring is 1. The zero-order valence-corrected chi connectivity index (χ0v) is 17.2. The van der Waals surface area contributed by atoms with Crippen molar-refractivity contribution >= 4 is 22.5 Å². The Kier molecular flexibility index (Phi) is 4.32. The highest BCUT2D eigenvalue weighted by Crippen LogP contribution is 2.27. The number of nitrogens with two attached hydrogens (primary N) is 1. The lowest BCUT2D eigenvalue weighted by Gasteiger charge is -2.28. The number of imidazole rings is 1. The quantitative estimate of drug-likeness (QED) is 0.475. The standard InChI is InChI=1S/C24H20FN7/c25-21-3-1-2-20-22(21)30-24(26)32-13-19(29-23(20)32)12-31-7-6-16-8-15(4-5-17(16)11-31)18-9-27-14-28-10-18/h1-5,8-10,13-14H,6-7,11-12H2,(H2,26,30). The molecular formula is C24H20FN7. The number of rotatable bonds is 3. The van der Waals surface area contributed by atoms with Gasteiger partial charge in [-0.05, 0) is 35.2 Å². The minimum Gasteiger partial charge on any atom is -0.369 e. The maximum absolute atomic E-state index is 14.2. The van der Waals surface area contributed by atoms with Crippen LogP contribution in [0.2, 0.25) is 0 Å². The summed E-state index contributed by atoms with van der Waals surface area (Å²) < 4.78 is 15.9. The molecule has 8 heteroatoms. The fraction of sp³-hybridized carbons (Fsp3) is 0.167. The number of benzene rings is 2. The number of hydrogen-bond acceptors (Lipinski definition) is 6. The van der Waals surface area contributed by atoms with Crippen LogP contribution in [-0.2, 0) is 19.5 Å². The van der Waals surface area contributed by atoms with Crippen molar-refractivity contribution in [3.05, 3.63) is 84.0 Å². The highest BCUT2D eigenvalue weighted by atomic mass is 19.1. The Morgan fingerprint density at radius 2 is 1.88 bits per heavy atom. The van der Waals surface area contributed by atoms with Gasteiger partial charge in [0.05, 0.1) is 5.69 Å². The maximum atomic E-state index is 14.2. The molecule has 0 atom stereocenters. The van der Waals surface area contributed by atoms with Gasteiger partial charge in [0.25, 0.3) is 0 Å². The van der Waals surface area contributed by atoms with Crippen LogP contribution in [-0.4, -0.2) is 35.8 Å². The molecule has 1 aliphatic rings. The van der Waals surface area contributed by atoms with Crippen LogP contribution in [0.25, 0.3) is 27.7 Å². The van der Waals surface area contributed by atoms with Crippen LogP contribution in [0, 0.1) is 5.82 Å². The second-order valence-electron chi connectivity index (χ2n) is 8.10. The van der Waals surface area contributed by atoms with Gasteiger partial charge in [-0.15, -0.1) is 0 Å². The van der Waals surface area contributed by atoms with E-state index in [2.05, 4.69) is 38.1 Å². The normalized spacial score (nSPS) is 14.2. The molecule has 4 heterocycles. The number of para-hydroxylation sites is 1. The molecule has 0 spiro atoms. The first-order chi connectivity index (χ1) is 15.7. The summed E-state index contributed by atoms with van der Waals surface area (Å²) in [4.78, 5) is 19.6. The van der Waals surface area contributed by atoms with Crippen LogP contribution in [0.3, 0.4) is 0 Å². The predicted octanol–water partition coefficient (Wildman–Crippen LogP) is 3.62. The highest BCUT2D eigenvalue weighted by molar-refractivity contribution is 5.92. The molecule has 0 saturated carbocycles. The average Bonchev–Trinajstić information content (AvgIpc) is 3.25. The summed E-state index contributed by atoms with van der Waals surface area (Å²) in [5.74, 6) is -0.159. The number of hydrogen-bond donors (Lipinski definition) is 1. The summed E-state index contributed by atoms with van der Waals surface area (Å²) in [6.45, 7) is 2.46. The molecule has 0 aliphatic carbocycles. The van der Waals surface area contributed by atoms with Crippen LogP contribution in [0.4, 0.5) is 10.3 Å². The van der Waals surface area contributed by atoms with Crippen molar-refractivity contribution in [1.82, 2.24) is 29.2 Å². The molecular weight excluding hydrogens is 405 g/mol. The lowest BCUT2D eigenvalue weighted by atomic mass is 9.95. The van der Waals surface area contributed by atoms with Crippen molar-refractivity contribution in [2.24, 2.45) is 0 Å².